The number of hydrogen-bond donors (Lipinski definition) is 16. The molecule has 0 bridgehead atoms. The standard InChI is InChI=1S/C75H109BrN18O21S/c1-11-75(8,9)60(91-64(102)48(31-38(2)3)84-67(105)54-20-15-29-93(54)70(108)50(86-61(99)40(6)82-37-95)32-42-22-24-44(76)25-23-42)69(107)85-49(33-43-35-81-46-18-13-12-17-45(43)46)63(101)83-47(19-14-28-80-74(78)79)62(100)88-52(36-116(112,113)114)65(103)90-59-41(7)115-73(111)51(34-57(97)98)87-68(106)55-21-16-30-94(55)72(110)58(39(4)5)89-66(104)53(26-27-56(77)96)92(10)71(59)109/h12-13,17-18,22-25,35,37-41,47-55,58-60,81H,11,14-16,19-21,26-34,36H2,1-10H3,(H2,77,96)(H,82,95)(H,83,101)(H,84,105)(H,85,107)(H,86,99)(H,87,106)(H,88,100)(H,89,104)(H,90,103)(H,91,102)(H,97,98)(H4,78,79,80)(H,112,113,114)/t40-,41-,47+,48-,49-,50+,51-,52-,53+,54+,55+,58-,59+,60-/m1/s1. The number of nitrogens with two attached hydrogens (primary N) is 3. The van der Waals surface area contributed by atoms with E-state index in [0.29, 0.717) is 39.8 Å². The van der Waals surface area contributed by atoms with Crippen LogP contribution in [0.2, 0.25) is 0 Å². The second-order valence-corrected chi connectivity index (χ2v) is 33.1. The summed E-state index contributed by atoms with van der Waals surface area (Å²) in [6.07, 6.45) is -2.35. The number of primary amides is 1. The number of benzene rings is 2. The van der Waals surface area contributed by atoms with Crippen LogP contribution in [0.4, 0.5) is 0 Å². The number of para-hydroxylation sites is 1. The van der Waals surface area contributed by atoms with Crippen molar-refractivity contribution in [2.45, 2.75) is 230 Å². The average molecular weight is 1710 g/mol. The van der Waals surface area contributed by atoms with Gasteiger partial charge in [-0.05, 0) is 118 Å². The van der Waals surface area contributed by atoms with Gasteiger partial charge in [-0.1, -0.05) is 94.7 Å². The van der Waals surface area contributed by atoms with Crippen molar-refractivity contribution in [1.82, 2.24) is 72.9 Å². The highest BCUT2D eigenvalue weighted by Crippen LogP contribution is 2.29. The molecular formula is C75H109BrN18O21S. The second-order valence-electron chi connectivity index (χ2n) is 30.7. The fourth-order valence-corrected chi connectivity index (χ4v) is 14.7. The van der Waals surface area contributed by atoms with E-state index in [1.54, 1.807) is 103 Å². The number of H-pyrrole nitrogens is 1. The highest BCUT2D eigenvalue weighted by atomic mass is 79.9. The first-order chi connectivity index (χ1) is 54.4. The lowest BCUT2D eigenvalue weighted by Gasteiger charge is -2.36. The number of aliphatic carboxylic acids is 1. The predicted octanol–water partition coefficient (Wildman–Crippen LogP) is -2.21. The van der Waals surface area contributed by atoms with Crippen molar-refractivity contribution in [1.29, 1.82) is 0 Å². The first-order valence-corrected chi connectivity index (χ1v) is 40.7. The summed E-state index contributed by atoms with van der Waals surface area (Å²) in [6.45, 7) is 14.0. The van der Waals surface area contributed by atoms with Crippen molar-refractivity contribution in [2.75, 3.05) is 32.4 Å². The molecule has 39 nitrogen and oxygen atoms in total. The van der Waals surface area contributed by atoms with Crippen molar-refractivity contribution < 1.29 is 99.5 Å². The Bertz CT molecular complexity index is 4250. The third-order valence-electron chi connectivity index (χ3n) is 20.6. The number of halogens is 1. The van der Waals surface area contributed by atoms with Gasteiger partial charge in [0.25, 0.3) is 10.1 Å². The Morgan fingerprint density at radius 3 is 2.01 bits per heavy atom. The molecule has 1 aromatic heterocycles. The van der Waals surface area contributed by atoms with Crippen LogP contribution in [0.5, 0.6) is 0 Å². The maximum atomic E-state index is 15.4. The van der Waals surface area contributed by atoms with Gasteiger partial charge in [-0.2, -0.15) is 8.42 Å². The van der Waals surface area contributed by atoms with Crippen LogP contribution < -0.4 is 70.4 Å². The molecule has 2 aromatic carbocycles. The highest BCUT2D eigenvalue weighted by molar-refractivity contribution is 9.10. The maximum Gasteiger partial charge on any atom is 0.329 e. The number of ether oxygens (including phenoxy) is 1. The van der Waals surface area contributed by atoms with Crippen LogP contribution in [0.1, 0.15) is 144 Å². The number of fused-ring (bicyclic) bond motifs is 2. The maximum absolute atomic E-state index is 15.4. The van der Waals surface area contributed by atoms with E-state index in [0.717, 1.165) is 23.3 Å². The zero-order chi connectivity index (χ0) is 86.4. The summed E-state index contributed by atoms with van der Waals surface area (Å²) in [7, 11) is -4.39. The molecule has 0 spiro atoms. The van der Waals surface area contributed by atoms with Crippen LogP contribution >= 0.6 is 15.9 Å². The van der Waals surface area contributed by atoms with Gasteiger partial charge >= 0.3 is 11.9 Å². The Morgan fingerprint density at radius 2 is 1.39 bits per heavy atom. The number of rotatable bonds is 37. The van der Waals surface area contributed by atoms with E-state index in [1.165, 1.54) is 11.8 Å². The van der Waals surface area contributed by atoms with Gasteiger partial charge in [-0.25, -0.2) is 4.79 Å². The molecule has 4 heterocycles. The molecule has 3 fully saturated rings. The van der Waals surface area contributed by atoms with Crippen LogP contribution in [-0.4, -0.2) is 256 Å². The molecule has 3 aromatic rings. The Hall–Kier alpha value is -10.8. The lowest BCUT2D eigenvalue weighted by molar-refractivity contribution is -0.161. The summed E-state index contributed by atoms with van der Waals surface area (Å²) in [5.41, 5.74) is 17.3. The quantitative estimate of drug-likeness (QED) is 0.00726. The van der Waals surface area contributed by atoms with Crippen molar-refractivity contribution in [3.05, 3.63) is 70.3 Å². The number of hydrogen-bond acceptors (Lipinski definition) is 20. The number of amides is 14. The zero-order valence-electron chi connectivity index (χ0n) is 66.5. The summed E-state index contributed by atoms with van der Waals surface area (Å²) >= 11 is 3.40. The number of guanidine groups is 1. The summed E-state index contributed by atoms with van der Waals surface area (Å²) in [6, 6.07) is -7.32. The van der Waals surface area contributed by atoms with Crippen molar-refractivity contribution in [2.24, 2.45) is 39.4 Å². The molecule has 0 aliphatic carbocycles. The monoisotopic (exact) mass is 1710 g/mol. The average Bonchev–Trinajstić information content (AvgIpc) is 1.42. The number of carbonyl (C=O) groups excluding carboxylic acids is 15. The number of carbonyl (C=O) groups is 16. The Balaban J connectivity index is 1.35. The predicted molar refractivity (Wildman–Crippen MR) is 423 cm³/mol. The number of nitrogens with one attached hydrogen (secondary N) is 11. The summed E-state index contributed by atoms with van der Waals surface area (Å²) in [4.78, 5) is 237. The van der Waals surface area contributed by atoms with Crippen molar-refractivity contribution >= 4 is 138 Å². The summed E-state index contributed by atoms with van der Waals surface area (Å²) in [5.74, 6) is -19.4. The topological polar surface area (TPSA) is 593 Å². The van der Waals surface area contributed by atoms with Gasteiger partial charge in [0.1, 0.15) is 90.4 Å². The minimum absolute atomic E-state index is 0.000618. The van der Waals surface area contributed by atoms with Gasteiger partial charge in [-0.15, -0.1) is 0 Å². The van der Waals surface area contributed by atoms with Gasteiger partial charge in [0, 0.05) is 67.5 Å². The SMILES string of the molecule is CCC(C)(C)[C@H](NC(=O)[C@@H](CC(C)C)NC(=O)[C@@H]1CCCN1C(=O)[C@H](Cc1ccc(Br)cc1)NC(=O)[C@@H](C)NC=O)C(=O)N[C@H](Cc1c[nH]c2ccccc12)C(=O)N[C@@H](CCCN=C(N)N)C(=O)N[C@H](CS(=O)(=O)O)C(=O)N[C@@H]1C(=O)N(C)[C@@H](CCC(N)=O)C(=O)N[C@H](C(C)C)C(=O)N2CCC[C@H]2C(=O)N[C@H](CC(=O)O)C(=O)O[C@@H]1C. The minimum Gasteiger partial charge on any atom is -0.481 e. The molecule has 3 saturated heterocycles. The van der Waals surface area contributed by atoms with Gasteiger partial charge in [-0.3, -0.25) is 81.5 Å². The molecule has 0 radical (unpaired) electrons. The zero-order valence-corrected chi connectivity index (χ0v) is 68.9. The van der Waals surface area contributed by atoms with E-state index in [-0.39, 0.29) is 76.9 Å². The summed E-state index contributed by atoms with van der Waals surface area (Å²) in [5, 5.41) is 35.9. The molecule has 41 heteroatoms. The number of aliphatic imine (C=N–C) groups is 1. The Labute approximate surface area is 679 Å². The van der Waals surface area contributed by atoms with E-state index in [4.69, 9.17) is 21.9 Å². The lowest BCUT2D eigenvalue weighted by Crippen LogP contribution is -2.64. The largest absolute Gasteiger partial charge is 0.481 e. The van der Waals surface area contributed by atoms with Crippen molar-refractivity contribution in [3.8, 4) is 0 Å². The number of cyclic esters (lactones) is 1. The van der Waals surface area contributed by atoms with E-state index in [1.807, 2.05) is 0 Å². The number of aromatic amines is 1. The number of aromatic nitrogens is 1. The molecule has 14 atom stereocenters. The molecular weight excluding hydrogens is 1600 g/mol. The van der Waals surface area contributed by atoms with Crippen molar-refractivity contribution in [3.63, 3.8) is 0 Å². The number of carboxylic acids is 1. The smallest absolute Gasteiger partial charge is 0.329 e. The molecule has 638 valence electrons. The Kier molecular flexibility index (Phi) is 34.6. The molecule has 0 saturated carbocycles. The molecule has 116 heavy (non-hydrogen) atoms. The number of nitrogens with zero attached hydrogens (tertiary/aromatic N) is 4. The molecule has 6 rings (SSSR count). The highest BCUT2D eigenvalue weighted by Gasteiger charge is 2.47. The van der Waals surface area contributed by atoms with Gasteiger partial charge < -0.3 is 99.9 Å². The van der Waals surface area contributed by atoms with E-state index in [2.05, 4.69) is 79.1 Å². The number of carboxylic acid groups (broad SMARTS) is 1. The van der Waals surface area contributed by atoms with E-state index >= 15 is 19.2 Å². The number of likely N-dealkylation sites (N-methyl/N-ethyl adjacent to an activating group) is 1. The lowest BCUT2D eigenvalue weighted by atomic mass is 9.80. The van der Waals surface area contributed by atoms with Crippen LogP contribution in [0.3, 0.4) is 0 Å². The molecule has 0 unspecified atom stereocenters. The van der Waals surface area contributed by atoms with Crippen LogP contribution in [-0.2, 0) is 104 Å². The molecule has 3 aliphatic heterocycles. The van der Waals surface area contributed by atoms with Crippen LogP contribution in [0.25, 0.3) is 10.9 Å². The fourth-order valence-electron chi connectivity index (χ4n) is 13.8. The first-order valence-electron chi connectivity index (χ1n) is 38.3. The third kappa shape index (κ3) is 26.9. The minimum atomic E-state index is -5.41. The number of esters is 1. The first kappa shape index (κ1) is 94.0. The normalized spacial score (nSPS) is 20.9. The molecule has 14 amide bonds. The van der Waals surface area contributed by atoms with Gasteiger partial charge in [0.2, 0.25) is 83.2 Å². The Morgan fingerprint density at radius 1 is 0.759 bits per heavy atom. The fraction of sp³-hybridized carbons (Fsp3) is 0.587. The van der Waals surface area contributed by atoms with Gasteiger partial charge in [0.05, 0.1) is 6.42 Å². The third-order valence-corrected chi connectivity index (χ3v) is 21.9. The van der Waals surface area contributed by atoms with E-state index < -0.39 is 232 Å². The summed E-state index contributed by atoms with van der Waals surface area (Å²) < 4.78 is 42.9. The second kappa shape index (κ2) is 42.7. The molecule has 3 aliphatic rings. The van der Waals surface area contributed by atoms with E-state index in [9.17, 15) is 75.6 Å². The molecule has 19 N–H and O–H groups in total. The number of likely N-dealkylation sites (tertiary alicyclic amines) is 1. The van der Waals surface area contributed by atoms with Crippen LogP contribution in [0.15, 0.2) is 64.2 Å². The van der Waals surface area contributed by atoms with Crippen LogP contribution in [0, 0.1) is 17.3 Å². The van der Waals surface area contributed by atoms with Gasteiger partial charge in [0.15, 0.2) is 5.96 Å².